The zero-order valence-corrected chi connectivity index (χ0v) is 20.2. The van der Waals surface area contributed by atoms with Crippen LogP contribution in [0.3, 0.4) is 0 Å². The molecule has 2 N–H and O–H groups in total. The largest absolute Gasteiger partial charge is 0.361 e. The number of nitrogens with one attached hydrogen (secondary N) is 2. The summed E-state index contributed by atoms with van der Waals surface area (Å²) in [6.45, 7) is 3.01. The van der Waals surface area contributed by atoms with Crippen LogP contribution in [0, 0.1) is 11.8 Å². The summed E-state index contributed by atoms with van der Waals surface area (Å²) in [5.74, 6) is 2.03. The van der Waals surface area contributed by atoms with Gasteiger partial charge in [0.1, 0.15) is 11.4 Å². The Morgan fingerprint density at radius 3 is 2.64 bits per heavy atom. The Morgan fingerprint density at radius 1 is 1.12 bits per heavy atom. The molecule has 1 aromatic heterocycles. The number of piperidine rings is 1. The quantitative estimate of drug-likeness (QED) is 0.675. The highest BCUT2D eigenvalue weighted by atomic mass is 32.2. The van der Waals surface area contributed by atoms with E-state index in [1.54, 1.807) is 4.31 Å². The average molecular weight is 471 g/mol. The van der Waals surface area contributed by atoms with Crippen molar-refractivity contribution in [3.8, 4) is 0 Å². The Bertz CT molecular complexity index is 1150. The summed E-state index contributed by atoms with van der Waals surface area (Å²) in [7, 11) is -3.35. The summed E-state index contributed by atoms with van der Waals surface area (Å²) >= 11 is 0. The third-order valence-corrected chi connectivity index (χ3v) is 9.83. The topological polar surface area (TPSA) is 94.6 Å². The van der Waals surface area contributed by atoms with Crippen molar-refractivity contribution in [1.29, 1.82) is 0 Å². The van der Waals surface area contributed by atoms with Crippen LogP contribution in [0.5, 0.6) is 0 Å². The van der Waals surface area contributed by atoms with E-state index in [1.807, 2.05) is 24.4 Å². The van der Waals surface area contributed by atoms with Crippen molar-refractivity contribution in [2.24, 2.45) is 16.8 Å². The lowest BCUT2D eigenvalue weighted by atomic mass is 9.82. The van der Waals surface area contributed by atoms with Crippen LogP contribution < -0.4 is 5.32 Å². The van der Waals surface area contributed by atoms with E-state index in [-0.39, 0.29) is 11.7 Å². The second-order valence-corrected chi connectivity index (χ2v) is 12.2. The van der Waals surface area contributed by atoms with Crippen LogP contribution in [-0.4, -0.2) is 53.8 Å². The van der Waals surface area contributed by atoms with E-state index in [2.05, 4.69) is 23.3 Å². The molecule has 7 nitrogen and oxygen atoms in total. The van der Waals surface area contributed by atoms with Crippen molar-refractivity contribution >= 4 is 32.7 Å². The Labute approximate surface area is 196 Å². The lowest BCUT2D eigenvalue weighted by Gasteiger charge is -2.34. The first-order valence-corrected chi connectivity index (χ1v) is 13.9. The number of amides is 1. The molecule has 8 heteroatoms. The Morgan fingerprint density at radius 2 is 1.88 bits per heavy atom. The number of amidine groups is 1. The Balaban J connectivity index is 1.18. The molecule has 178 valence electrons. The van der Waals surface area contributed by atoms with Crippen molar-refractivity contribution in [3.63, 3.8) is 0 Å². The number of H-pyrrole nitrogens is 1. The number of hydrogen-bond donors (Lipinski definition) is 2. The number of aromatic nitrogens is 1. The summed E-state index contributed by atoms with van der Waals surface area (Å²) < 4.78 is 27.6. The first kappa shape index (κ1) is 22.6. The molecule has 1 amide bonds. The smallest absolute Gasteiger partial charge is 0.253 e. The molecular formula is C25H34N4O3S. The first-order chi connectivity index (χ1) is 15.9. The number of sulfonamides is 1. The van der Waals surface area contributed by atoms with Gasteiger partial charge >= 0.3 is 0 Å². The summed E-state index contributed by atoms with van der Waals surface area (Å²) in [5, 5.41) is 4.21. The number of rotatable bonds is 6. The van der Waals surface area contributed by atoms with Crippen molar-refractivity contribution < 1.29 is 13.2 Å². The summed E-state index contributed by atoms with van der Waals surface area (Å²) in [6.07, 6.45) is 8.66. The minimum absolute atomic E-state index is 0.0345. The third kappa shape index (κ3) is 4.47. The first-order valence-electron chi connectivity index (χ1n) is 12.3. The van der Waals surface area contributed by atoms with Crippen LogP contribution in [-0.2, 0) is 21.2 Å². The number of hydrogen-bond acceptors (Lipinski definition) is 4. The van der Waals surface area contributed by atoms with Gasteiger partial charge in [-0.2, -0.15) is 0 Å². The monoisotopic (exact) mass is 470 g/mol. The maximum atomic E-state index is 13.0. The Kier molecular flexibility index (Phi) is 6.07. The number of aromatic amines is 1. The van der Waals surface area contributed by atoms with Gasteiger partial charge in [-0.1, -0.05) is 31.9 Å². The Hall–Kier alpha value is -2.19. The van der Waals surface area contributed by atoms with Gasteiger partial charge in [0, 0.05) is 36.1 Å². The molecule has 1 aromatic carbocycles. The van der Waals surface area contributed by atoms with E-state index < -0.39 is 15.6 Å². The molecule has 1 spiro atoms. The van der Waals surface area contributed by atoms with Crippen molar-refractivity contribution in [3.05, 3.63) is 36.0 Å². The highest BCUT2D eigenvalue weighted by Crippen LogP contribution is 2.36. The second kappa shape index (κ2) is 8.87. The fourth-order valence-electron chi connectivity index (χ4n) is 5.68. The van der Waals surface area contributed by atoms with Crippen LogP contribution in [0.25, 0.3) is 10.9 Å². The number of carbonyl (C=O) groups excluding carboxylic acids is 1. The molecule has 0 radical (unpaired) electrons. The van der Waals surface area contributed by atoms with Gasteiger partial charge in [-0.15, -0.1) is 0 Å². The van der Waals surface area contributed by atoms with Gasteiger partial charge in [0.2, 0.25) is 10.0 Å². The summed E-state index contributed by atoms with van der Waals surface area (Å²) in [6, 6.07) is 8.14. The maximum Gasteiger partial charge on any atom is 0.253 e. The van der Waals surface area contributed by atoms with Crippen molar-refractivity contribution in [2.45, 2.75) is 63.8 Å². The minimum atomic E-state index is -3.35. The second-order valence-electron chi connectivity index (χ2n) is 10.1. The molecule has 0 atom stereocenters. The zero-order valence-electron chi connectivity index (χ0n) is 19.3. The van der Waals surface area contributed by atoms with Crippen molar-refractivity contribution in [1.82, 2.24) is 14.6 Å². The van der Waals surface area contributed by atoms with E-state index in [1.165, 1.54) is 18.4 Å². The van der Waals surface area contributed by atoms with Crippen LogP contribution >= 0.6 is 0 Å². The summed E-state index contributed by atoms with van der Waals surface area (Å²) in [4.78, 5) is 20.9. The van der Waals surface area contributed by atoms with Gasteiger partial charge in [-0.05, 0) is 62.1 Å². The molecular weight excluding hydrogens is 436 g/mol. The number of aliphatic imine (C=N–C) groups is 1. The number of fused-ring (bicyclic) bond motifs is 1. The van der Waals surface area contributed by atoms with Crippen LogP contribution in [0.4, 0.5) is 0 Å². The van der Waals surface area contributed by atoms with Gasteiger partial charge in [-0.3, -0.25) is 9.79 Å². The molecule has 0 unspecified atom stereocenters. The van der Waals surface area contributed by atoms with Crippen molar-refractivity contribution in [2.75, 3.05) is 18.8 Å². The molecule has 1 aliphatic carbocycles. The van der Waals surface area contributed by atoms with Gasteiger partial charge in [0.25, 0.3) is 5.91 Å². The van der Waals surface area contributed by atoms with E-state index in [4.69, 9.17) is 4.99 Å². The normalized spacial score (nSPS) is 26.0. The predicted octanol–water partition coefficient (Wildman–Crippen LogP) is 3.62. The number of aryl methyl sites for hydroxylation is 1. The number of carbonyl (C=O) groups is 1. The molecule has 2 aromatic rings. The highest BCUT2D eigenvalue weighted by Gasteiger charge is 2.48. The highest BCUT2D eigenvalue weighted by molar-refractivity contribution is 7.89. The van der Waals surface area contributed by atoms with Crippen LogP contribution in [0.15, 0.2) is 35.5 Å². The van der Waals surface area contributed by atoms with Crippen LogP contribution in [0.2, 0.25) is 0 Å². The van der Waals surface area contributed by atoms with E-state index in [0.29, 0.717) is 38.3 Å². The lowest BCUT2D eigenvalue weighted by molar-refractivity contribution is -0.125. The predicted molar refractivity (Wildman–Crippen MR) is 131 cm³/mol. The van der Waals surface area contributed by atoms with Gasteiger partial charge in [0.05, 0.1) is 5.75 Å². The molecule has 0 bridgehead atoms. The maximum absolute atomic E-state index is 13.0. The standard InChI is InChI=1S/C25H34N4O3S/c1-18-7-9-20(10-8-18)23-27-24(30)25(28-23)12-15-29(16-13-25)33(31,32)17-3-5-19-4-2-6-22-21(19)11-14-26-22/h2,4,6,11,14,18,20,26H,3,5,7-10,12-13,15-17H2,1H3,(H,27,28,30). The van der Waals surface area contributed by atoms with E-state index >= 15 is 0 Å². The zero-order chi connectivity index (χ0) is 23.1. The minimum Gasteiger partial charge on any atom is -0.361 e. The van der Waals surface area contributed by atoms with Crippen LogP contribution in [0.1, 0.15) is 57.4 Å². The summed E-state index contributed by atoms with van der Waals surface area (Å²) in [5.41, 5.74) is 1.48. The molecule has 3 aliphatic rings. The van der Waals surface area contributed by atoms with Gasteiger partial charge in [0.15, 0.2) is 0 Å². The average Bonchev–Trinajstić information content (AvgIpc) is 3.40. The third-order valence-electron chi connectivity index (χ3n) is 7.88. The fourth-order valence-corrected chi connectivity index (χ4v) is 7.19. The van der Waals surface area contributed by atoms with Gasteiger partial charge in [-0.25, -0.2) is 12.7 Å². The molecule has 2 aliphatic heterocycles. The molecule has 1 saturated carbocycles. The molecule has 33 heavy (non-hydrogen) atoms. The van der Waals surface area contributed by atoms with E-state index in [9.17, 15) is 13.2 Å². The number of nitrogens with zero attached hydrogens (tertiary/aromatic N) is 2. The molecule has 3 heterocycles. The number of benzene rings is 1. The van der Waals surface area contributed by atoms with Gasteiger partial charge < -0.3 is 10.3 Å². The fraction of sp³-hybridized carbons (Fsp3) is 0.600. The molecule has 5 rings (SSSR count). The SMILES string of the molecule is CC1CCC(C2=NC3(CCN(S(=O)(=O)CCCc4cccc5[nH]ccc45)CC3)C(=O)N2)CC1. The molecule has 2 fully saturated rings. The van der Waals surface area contributed by atoms with E-state index in [0.717, 1.165) is 41.9 Å². The lowest BCUT2D eigenvalue weighted by Crippen LogP contribution is -2.50. The molecule has 1 saturated heterocycles.